The highest BCUT2D eigenvalue weighted by atomic mass is 79.9. The van der Waals surface area contributed by atoms with Gasteiger partial charge in [0.2, 0.25) is 0 Å². The Bertz CT molecular complexity index is 975. The largest absolute Gasteiger partial charge is 0.347 e. The first kappa shape index (κ1) is 16.5. The first-order valence-corrected chi connectivity index (χ1v) is 8.60. The van der Waals surface area contributed by atoms with Crippen molar-refractivity contribution in [1.29, 1.82) is 0 Å². The fourth-order valence-electron chi connectivity index (χ4n) is 2.30. The maximum Gasteiger partial charge on any atom is 0.281 e. The molecule has 0 N–H and O–H groups in total. The predicted molar refractivity (Wildman–Crippen MR) is 98.8 cm³/mol. The Morgan fingerprint density at radius 1 is 1.29 bits per heavy atom. The van der Waals surface area contributed by atoms with Crippen LogP contribution in [0.5, 0.6) is 0 Å². The van der Waals surface area contributed by atoms with Crippen molar-refractivity contribution in [3.05, 3.63) is 73.0 Å². The molecule has 24 heavy (non-hydrogen) atoms. The van der Waals surface area contributed by atoms with Crippen LogP contribution < -0.4 is 10.5 Å². The van der Waals surface area contributed by atoms with E-state index in [-0.39, 0.29) is 11.1 Å². The number of aromatic nitrogens is 1. The lowest BCUT2D eigenvalue weighted by Gasteiger charge is -2.17. The summed E-state index contributed by atoms with van der Waals surface area (Å²) in [6.07, 6.45) is 0. The van der Waals surface area contributed by atoms with E-state index >= 15 is 0 Å². The Kier molecular flexibility index (Phi) is 4.59. The number of rotatable bonds is 4. The maximum absolute atomic E-state index is 12.3. The van der Waals surface area contributed by atoms with E-state index in [9.17, 15) is 14.9 Å². The molecule has 0 bridgehead atoms. The number of non-ortho nitro benzene ring substituents is 1. The van der Waals surface area contributed by atoms with E-state index in [1.54, 1.807) is 0 Å². The zero-order valence-corrected chi connectivity index (χ0v) is 15.0. The van der Waals surface area contributed by atoms with E-state index in [1.165, 1.54) is 23.5 Å². The monoisotopic (exact) mass is 405 g/mol. The summed E-state index contributed by atoms with van der Waals surface area (Å²) in [5.74, 6) is 0. The van der Waals surface area contributed by atoms with Crippen molar-refractivity contribution in [2.75, 3.05) is 11.9 Å². The van der Waals surface area contributed by atoms with Crippen molar-refractivity contribution < 1.29 is 4.92 Å². The Balaban J connectivity index is 2.04. The topological polar surface area (TPSA) is 76.3 Å². The maximum atomic E-state index is 12.3. The van der Waals surface area contributed by atoms with Crippen LogP contribution in [0.3, 0.4) is 0 Å². The number of halogens is 1. The van der Waals surface area contributed by atoms with E-state index in [0.29, 0.717) is 20.8 Å². The second kappa shape index (κ2) is 6.66. The molecule has 1 heterocycles. The Morgan fingerprint density at radius 3 is 2.67 bits per heavy atom. The average molecular weight is 406 g/mol. The van der Waals surface area contributed by atoms with Crippen molar-refractivity contribution in [3.8, 4) is 0 Å². The van der Waals surface area contributed by atoms with Gasteiger partial charge in [-0.15, -0.1) is 0 Å². The summed E-state index contributed by atoms with van der Waals surface area (Å²) in [6.45, 7) is 0.611. The van der Waals surface area contributed by atoms with Crippen LogP contribution in [0.15, 0.2) is 51.7 Å². The number of fused-ring (bicyclic) bond motifs is 1. The summed E-state index contributed by atoms with van der Waals surface area (Å²) >= 11 is 4.64. The molecule has 0 saturated heterocycles. The molecule has 0 aliphatic carbocycles. The minimum atomic E-state index is -0.524. The lowest BCUT2D eigenvalue weighted by Crippen LogP contribution is -2.20. The van der Waals surface area contributed by atoms with Gasteiger partial charge in [-0.25, -0.2) is 0 Å². The van der Waals surface area contributed by atoms with Crippen molar-refractivity contribution in [2.45, 2.75) is 6.54 Å². The lowest BCUT2D eigenvalue weighted by atomic mass is 10.2. The lowest BCUT2D eigenvalue weighted by molar-refractivity contribution is -0.384. The van der Waals surface area contributed by atoms with E-state index in [0.717, 1.165) is 5.56 Å². The first-order chi connectivity index (χ1) is 11.5. The molecule has 0 fully saturated rings. The molecule has 1 aromatic heterocycles. The van der Waals surface area contributed by atoms with Crippen LogP contribution in [-0.4, -0.2) is 17.0 Å². The summed E-state index contributed by atoms with van der Waals surface area (Å²) in [7, 11) is 1.86. The molecule has 122 valence electrons. The highest BCUT2D eigenvalue weighted by Gasteiger charge is 2.16. The Hall–Kier alpha value is -2.32. The molecule has 0 atom stereocenters. The minimum Gasteiger partial charge on any atom is -0.347 e. The zero-order valence-electron chi connectivity index (χ0n) is 12.6. The molecule has 0 radical (unpaired) electrons. The van der Waals surface area contributed by atoms with Gasteiger partial charge in [0.1, 0.15) is 0 Å². The summed E-state index contributed by atoms with van der Waals surface area (Å²) in [4.78, 5) is 28.7. The first-order valence-electron chi connectivity index (χ1n) is 6.99. The van der Waals surface area contributed by atoms with E-state index in [2.05, 4.69) is 20.9 Å². The van der Waals surface area contributed by atoms with Gasteiger partial charge >= 0.3 is 0 Å². The number of anilines is 1. The predicted octanol–water partition coefficient (Wildman–Crippen LogP) is 3.96. The van der Waals surface area contributed by atoms with Gasteiger partial charge in [-0.2, -0.15) is 4.98 Å². The van der Waals surface area contributed by atoms with Crippen LogP contribution in [0.2, 0.25) is 0 Å². The normalized spacial score (nSPS) is 10.8. The van der Waals surface area contributed by atoms with Crippen molar-refractivity contribution >= 4 is 48.2 Å². The van der Waals surface area contributed by atoms with Gasteiger partial charge in [0, 0.05) is 30.2 Å². The summed E-state index contributed by atoms with van der Waals surface area (Å²) in [6, 6.07) is 12.5. The van der Waals surface area contributed by atoms with Gasteiger partial charge < -0.3 is 4.90 Å². The average Bonchev–Trinajstić information content (AvgIpc) is 2.56. The molecule has 3 rings (SSSR count). The highest BCUT2D eigenvalue weighted by Crippen LogP contribution is 2.33. The number of hydrogen-bond acceptors (Lipinski definition) is 6. The second-order valence-electron chi connectivity index (χ2n) is 5.20. The number of nitrogens with zero attached hydrogens (tertiary/aromatic N) is 3. The SMILES string of the molecule is CN(Cc1ccccc1)c1nc(=O)c2cc([N+](=O)[O-])cc(Br)c2s1. The Morgan fingerprint density at radius 2 is 2.00 bits per heavy atom. The molecule has 0 aliphatic rings. The smallest absolute Gasteiger partial charge is 0.281 e. The molecule has 0 spiro atoms. The van der Waals surface area contributed by atoms with Crippen molar-refractivity contribution in [2.24, 2.45) is 0 Å². The third-order valence-corrected chi connectivity index (χ3v) is 5.57. The van der Waals surface area contributed by atoms with Gasteiger partial charge in [-0.1, -0.05) is 41.7 Å². The van der Waals surface area contributed by atoms with E-state index in [4.69, 9.17) is 0 Å². The van der Waals surface area contributed by atoms with Crippen LogP contribution in [0.1, 0.15) is 5.56 Å². The van der Waals surface area contributed by atoms with Gasteiger partial charge in [0.05, 0.1) is 15.0 Å². The molecular formula is C16H12BrN3O3S. The molecule has 0 aliphatic heterocycles. The van der Waals surface area contributed by atoms with Crippen LogP contribution in [-0.2, 0) is 6.54 Å². The standard InChI is InChI=1S/C16H12BrN3O3S/c1-19(9-10-5-3-2-4-6-10)16-18-15(21)12-7-11(20(22)23)8-13(17)14(12)24-16/h2-8H,9H2,1H3. The number of nitro groups is 1. The molecule has 2 aromatic carbocycles. The van der Waals surface area contributed by atoms with Crippen LogP contribution in [0.4, 0.5) is 10.8 Å². The molecule has 0 amide bonds. The summed E-state index contributed by atoms with van der Waals surface area (Å²) in [5.41, 5.74) is 0.498. The Labute approximate surface area is 149 Å². The molecular weight excluding hydrogens is 394 g/mol. The third kappa shape index (κ3) is 3.29. The van der Waals surface area contributed by atoms with Crippen molar-refractivity contribution in [3.63, 3.8) is 0 Å². The second-order valence-corrected chi connectivity index (χ2v) is 7.04. The molecule has 0 unspecified atom stereocenters. The summed E-state index contributed by atoms with van der Waals surface area (Å²) in [5, 5.41) is 11.8. The van der Waals surface area contributed by atoms with Gasteiger partial charge in [0.15, 0.2) is 5.13 Å². The fourth-order valence-corrected chi connectivity index (χ4v) is 3.93. The van der Waals surface area contributed by atoms with Crippen LogP contribution >= 0.6 is 27.3 Å². The van der Waals surface area contributed by atoms with Crippen LogP contribution in [0, 0.1) is 10.1 Å². The zero-order chi connectivity index (χ0) is 17.3. The number of benzene rings is 2. The number of hydrogen-bond donors (Lipinski definition) is 0. The highest BCUT2D eigenvalue weighted by molar-refractivity contribution is 9.10. The van der Waals surface area contributed by atoms with E-state index in [1.807, 2.05) is 42.3 Å². The quantitative estimate of drug-likeness (QED) is 0.484. The van der Waals surface area contributed by atoms with Gasteiger partial charge in [-0.3, -0.25) is 14.9 Å². The van der Waals surface area contributed by atoms with Crippen LogP contribution in [0.25, 0.3) is 10.1 Å². The van der Waals surface area contributed by atoms with Gasteiger partial charge in [-0.05, 0) is 21.5 Å². The minimum absolute atomic E-state index is 0.133. The molecule has 0 saturated carbocycles. The van der Waals surface area contributed by atoms with Crippen molar-refractivity contribution in [1.82, 2.24) is 4.98 Å². The van der Waals surface area contributed by atoms with E-state index < -0.39 is 10.5 Å². The molecule has 3 aromatic rings. The fraction of sp³-hybridized carbons (Fsp3) is 0.125. The van der Waals surface area contributed by atoms with Gasteiger partial charge in [0.25, 0.3) is 11.2 Å². The summed E-state index contributed by atoms with van der Waals surface area (Å²) < 4.78 is 1.17. The third-order valence-electron chi connectivity index (χ3n) is 3.45. The molecule has 6 nitrogen and oxygen atoms in total. The molecule has 8 heteroatoms. The number of nitro benzene ring substituents is 1.